The van der Waals surface area contributed by atoms with Crippen molar-refractivity contribution < 1.29 is 19.1 Å². The van der Waals surface area contributed by atoms with Gasteiger partial charge in [0.15, 0.2) is 0 Å². The maximum absolute atomic E-state index is 12.5. The first-order chi connectivity index (χ1) is 11.9. The molecule has 7 heteroatoms. The Morgan fingerprint density at radius 1 is 1.27 bits per heavy atom. The highest BCUT2D eigenvalue weighted by Gasteiger charge is 2.31. The summed E-state index contributed by atoms with van der Waals surface area (Å²) >= 11 is 0. The van der Waals surface area contributed by atoms with Gasteiger partial charge in [-0.1, -0.05) is 29.8 Å². The van der Waals surface area contributed by atoms with E-state index in [1.807, 2.05) is 31.2 Å². The number of esters is 1. The Balaban J connectivity index is 0.00000338. The third-order valence-electron chi connectivity index (χ3n) is 4.20. The summed E-state index contributed by atoms with van der Waals surface area (Å²) in [5.74, 6) is -0.549. The van der Waals surface area contributed by atoms with E-state index in [1.54, 1.807) is 13.8 Å². The highest BCUT2D eigenvalue weighted by Crippen LogP contribution is 2.23. The molecule has 1 heterocycles. The van der Waals surface area contributed by atoms with Crippen LogP contribution in [0.4, 0.5) is 0 Å². The quantitative estimate of drug-likeness (QED) is 0.704. The number of halogens is 1. The van der Waals surface area contributed by atoms with Gasteiger partial charge in [-0.25, -0.2) is 0 Å². The summed E-state index contributed by atoms with van der Waals surface area (Å²) in [6, 6.07) is 7.31. The maximum Gasteiger partial charge on any atom is 0.308 e. The summed E-state index contributed by atoms with van der Waals surface area (Å²) in [7, 11) is 0. The lowest BCUT2D eigenvalue weighted by molar-refractivity contribution is -0.148. The van der Waals surface area contributed by atoms with Crippen molar-refractivity contribution in [3.05, 3.63) is 35.4 Å². The van der Waals surface area contributed by atoms with Crippen molar-refractivity contribution in [2.45, 2.75) is 64.4 Å². The van der Waals surface area contributed by atoms with Crippen LogP contribution in [-0.2, 0) is 19.1 Å². The molecule has 3 N–H and O–H groups in total. The highest BCUT2D eigenvalue weighted by molar-refractivity contribution is 5.85. The first-order valence-corrected chi connectivity index (χ1v) is 8.81. The molecule has 146 valence electrons. The molecule has 1 aliphatic heterocycles. The molecule has 1 saturated heterocycles. The van der Waals surface area contributed by atoms with Crippen LogP contribution in [0.15, 0.2) is 24.3 Å². The molecule has 0 aromatic heterocycles. The van der Waals surface area contributed by atoms with Crippen LogP contribution < -0.4 is 11.1 Å². The number of ether oxygens (including phenoxy) is 2. The van der Waals surface area contributed by atoms with Crippen LogP contribution >= 0.6 is 12.4 Å². The van der Waals surface area contributed by atoms with E-state index in [1.165, 1.54) is 0 Å². The molecule has 0 bridgehead atoms. The normalized spacial score (nSPS) is 20.3. The molecule has 1 unspecified atom stereocenters. The number of rotatable bonds is 7. The van der Waals surface area contributed by atoms with Crippen molar-refractivity contribution in [2.24, 2.45) is 5.73 Å². The smallest absolute Gasteiger partial charge is 0.308 e. The van der Waals surface area contributed by atoms with Gasteiger partial charge in [0.25, 0.3) is 0 Å². The monoisotopic (exact) mass is 384 g/mol. The molecule has 6 nitrogen and oxygen atoms in total. The standard InChI is InChI=1S/C19H28N2O4.ClH/c1-12(2)24-18(22)10-16(14-6-4-13(3)5-7-14)21-19(23)17-9-8-15(11-20)25-17;/h4-7,12,15-17H,8-11,20H2,1-3H3,(H,21,23);1H/t15-,16?,17+;/m1./s1. The predicted molar refractivity (Wildman–Crippen MR) is 102 cm³/mol. The molecule has 1 amide bonds. The Hall–Kier alpha value is -1.63. The second kappa shape index (κ2) is 10.5. The van der Waals surface area contributed by atoms with Gasteiger partial charge in [0.1, 0.15) is 6.10 Å². The van der Waals surface area contributed by atoms with Crippen molar-refractivity contribution in [1.29, 1.82) is 0 Å². The fourth-order valence-corrected chi connectivity index (χ4v) is 2.87. The number of nitrogens with two attached hydrogens (primary N) is 1. The van der Waals surface area contributed by atoms with Gasteiger partial charge in [-0.3, -0.25) is 9.59 Å². The van der Waals surface area contributed by atoms with Crippen molar-refractivity contribution in [1.82, 2.24) is 5.32 Å². The fraction of sp³-hybridized carbons (Fsp3) is 0.579. The second-order valence-electron chi connectivity index (χ2n) is 6.77. The third-order valence-corrected chi connectivity index (χ3v) is 4.20. The molecule has 0 radical (unpaired) electrons. The van der Waals surface area contributed by atoms with Gasteiger partial charge >= 0.3 is 5.97 Å². The average Bonchev–Trinajstić information content (AvgIpc) is 3.03. The first kappa shape index (κ1) is 22.4. The van der Waals surface area contributed by atoms with Crippen molar-refractivity contribution in [3.63, 3.8) is 0 Å². The topological polar surface area (TPSA) is 90.7 Å². The van der Waals surface area contributed by atoms with Crippen LogP contribution in [0, 0.1) is 6.92 Å². The zero-order valence-corrected chi connectivity index (χ0v) is 16.4. The van der Waals surface area contributed by atoms with Gasteiger partial charge in [0, 0.05) is 6.54 Å². The van der Waals surface area contributed by atoms with E-state index in [0.29, 0.717) is 13.0 Å². The molecule has 0 aliphatic carbocycles. The number of benzene rings is 1. The number of hydrogen-bond acceptors (Lipinski definition) is 5. The van der Waals surface area contributed by atoms with E-state index in [2.05, 4.69) is 5.32 Å². The van der Waals surface area contributed by atoms with E-state index in [4.69, 9.17) is 15.2 Å². The number of aryl methyl sites for hydroxylation is 1. The molecule has 1 fully saturated rings. The molecular formula is C19H29ClN2O4. The van der Waals surface area contributed by atoms with Crippen molar-refractivity contribution in [3.8, 4) is 0 Å². The fourth-order valence-electron chi connectivity index (χ4n) is 2.87. The van der Waals surface area contributed by atoms with E-state index < -0.39 is 12.1 Å². The summed E-state index contributed by atoms with van der Waals surface area (Å²) in [4.78, 5) is 24.6. The average molecular weight is 385 g/mol. The number of amides is 1. The molecule has 26 heavy (non-hydrogen) atoms. The zero-order chi connectivity index (χ0) is 18.4. The van der Waals surface area contributed by atoms with Gasteiger partial charge < -0.3 is 20.5 Å². The lowest BCUT2D eigenvalue weighted by atomic mass is 10.0. The molecule has 3 atom stereocenters. The molecule has 1 aliphatic rings. The van der Waals surface area contributed by atoms with Gasteiger partial charge in [-0.15, -0.1) is 12.4 Å². The van der Waals surface area contributed by atoms with Crippen LogP contribution in [0.3, 0.4) is 0 Å². The minimum absolute atomic E-state index is 0. The van der Waals surface area contributed by atoms with E-state index >= 15 is 0 Å². The molecule has 1 aromatic rings. The Morgan fingerprint density at radius 2 is 1.92 bits per heavy atom. The van der Waals surface area contributed by atoms with Gasteiger partial charge in [0.05, 0.1) is 24.7 Å². The van der Waals surface area contributed by atoms with Crippen LogP contribution in [0.1, 0.15) is 50.3 Å². The highest BCUT2D eigenvalue weighted by atomic mass is 35.5. The summed E-state index contributed by atoms with van der Waals surface area (Å²) in [5.41, 5.74) is 7.58. The third kappa shape index (κ3) is 6.59. The molecule has 0 spiro atoms. The van der Waals surface area contributed by atoms with E-state index in [-0.39, 0.29) is 42.9 Å². The van der Waals surface area contributed by atoms with Crippen molar-refractivity contribution in [2.75, 3.05) is 6.54 Å². The Morgan fingerprint density at radius 3 is 2.46 bits per heavy atom. The van der Waals surface area contributed by atoms with Gasteiger partial charge in [-0.05, 0) is 39.2 Å². The minimum Gasteiger partial charge on any atom is -0.463 e. The zero-order valence-electron chi connectivity index (χ0n) is 15.6. The SMILES string of the molecule is Cc1ccc(C(CC(=O)OC(C)C)NC(=O)[C@@H]2CC[C@H](CN)O2)cc1.Cl. The van der Waals surface area contributed by atoms with E-state index in [9.17, 15) is 9.59 Å². The van der Waals surface area contributed by atoms with Crippen molar-refractivity contribution >= 4 is 24.3 Å². The second-order valence-corrected chi connectivity index (χ2v) is 6.77. The van der Waals surface area contributed by atoms with Gasteiger partial charge in [-0.2, -0.15) is 0 Å². The van der Waals surface area contributed by atoms with E-state index in [0.717, 1.165) is 17.5 Å². The van der Waals surface area contributed by atoms with Crippen LogP contribution in [-0.4, -0.2) is 36.7 Å². The number of hydrogen-bond donors (Lipinski definition) is 2. The summed E-state index contributed by atoms with van der Waals surface area (Å²) in [6.45, 7) is 6.00. The number of carbonyl (C=O) groups is 2. The lowest BCUT2D eigenvalue weighted by Gasteiger charge is -2.21. The number of carbonyl (C=O) groups excluding carboxylic acids is 2. The summed E-state index contributed by atoms with van der Waals surface area (Å²) in [6.07, 6.45) is 0.733. The number of nitrogens with one attached hydrogen (secondary N) is 1. The first-order valence-electron chi connectivity index (χ1n) is 8.81. The molecule has 1 aromatic carbocycles. The Bertz CT molecular complexity index is 592. The molecule has 2 rings (SSSR count). The summed E-state index contributed by atoms with van der Waals surface area (Å²) in [5, 5.41) is 2.94. The predicted octanol–water partition coefficient (Wildman–Crippen LogP) is 2.42. The molecular weight excluding hydrogens is 356 g/mol. The lowest BCUT2D eigenvalue weighted by Crippen LogP contribution is -2.38. The van der Waals surface area contributed by atoms with Crippen LogP contribution in [0.5, 0.6) is 0 Å². The van der Waals surface area contributed by atoms with Gasteiger partial charge in [0.2, 0.25) is 5.91 Å². The minimum atomic E-state index is -0.511. The Kier molecular flexibility index (Phi) is 9.05. The maximum atomic E-state index is 12.5. The molecule has 0 saturated carbocycles. The largest absolute Gasteiger partial charge is 0.463 e. The summed E-state index contributed by atoms with van der Waals surface area (Å²) < 4.78 is 10.9. The Labute approximate surface area is 161 Å². The van der Waals surface area contributed by atoms with Crippen LogP contribution in [0.2, 0.25) is 0 Å². The van der Waals surface area contributed by atoms with Crippen LogP contribution in [0.25, 0.3) is 0 Å².